The fourth-order valence-electron chi connectivity index (χ4n) is 0.869. The molecule has 0 atom stereocenters. The minimum absolute atomic E-state index is 0.185. The summed E-state index contributed by atoms with van der Waals surface area (Å²) in [7, 11) is 1.34. The minimum Gasteiger partial charge on any atom is -0.469 e. The molecule has 6 nitrogen and oxygen atoms in total. The van der Waals surface area contributed by atoms with E-state index < -0.39 is 0 Å². The summed E-state index contributed by atoms with van der Waals surface area (Å²) < 4.78 is 4.50. The monoisotopic (exact) mass is 307 g/mol. The summed E-state index contributed by atoms with van der Waals surface area (Å²) in [5.74, 6) is -0.475. The van der Waals surface area contributed by atoms with Crippen LogP contribution >= 0.6 is 27.3 Å². The quantitative estimate of drug-likeness (QED) is 0.648. The number of rotatable bonds is 5. The number of alkyl halides is 1. The summed E-state index contributed by atoms with van der Waals surface area (Å²) in [6.45, 7) is 0. The molecular weight excluding hydrogens is 298 g/mol. The first-order valence-corrected chi connectivity index (χ1v) is 6.34. The number of halogens is 1. The number of hydrogen-bond acceptors (Lipinski definition) is 6. The number of amides is 1. The Balaban J connectivity index is 2.45. The van der Waals surface area contributed by atoms with Gasteiger partial charge in [0.15, 0.2) is 0 Å². The molecule has 0 radical (unpaired) electrons. The molecule has 1 amide bonds. The number of esters is 1. The first-order chi connectivity index (χ1) is 7.65. The van der Waals surface area contributed by atoms with Gasteiger partial charge in [0, 0.05) is 6.42 Å². The van der Waals surface area contributed by atoms with Crippen molar-refractivity contribution in [2.24, 2.45) is 0 Å². The van der Waals surface area contributed by atoms with Gasteiger partial charge in [0.05, 0.1) is 18.9 Å². The fourth-order valence-corrected chi connectivity index (χ4v) is 1.76. The van der Waals surface area contributed by atoms with Crippen LogP contribution in [0.5, 0.6) is 0 Å². The highest BCUT2D eigenvalue weighted by Gasteiger charge is 2.08. The van der Waals surface area contributed by atoms with Crippen molar-refractivity contribution < 1.29 is 14.3 Å². The highest BCUT2D eigenvalue weighted by Crippen LogP contribution is 2.16. The molecule has 0 aliphatic heterocycles. The zero-order valence-corrected chi connectivity index (χ0v) is 10.9. The van der Waals surface area contributed by atoms with Gasteiger partial charge in [-0.1, -0.05) is 27.3 Å². The number of aryl methyl sites for hydroxylation is 1. The van der Waals surface area contributed by atoms with Gasteiger partial charge in [0.1, 0.15) is 5.01 Å². The van der Waals surface area contributed by atoms with E-state index in [1.165, 1.54) is 18.4 Å². The van der Waals surface area contributed by atoms with Crippen LogP contribution in [0.25, 0.3) is 0 Å². The van der Waals surface area contributed by atoms with Crippen LogP contribution in [0.15, 0.2) is 0 Å². The topological polar surface area (TPSA) is 81.2 Å². The van der Waals surface area contributed by atoms with Gasteiger partial charge in [-0.05, 0) is 0 Å². The number of methoxy groups -OCH3 is 1. The van der Waals surface area contributed by atoms with Crippen LogP contribution in [-0.4, -0.2) is 34.5 Å². The number of nitrogens with zero attached hydrogens (tertiary/aromatic N) is 2. The molecule has 0 fully saturated rings. The maximum atomic E-state index is 11.0. The Morgan fingerprint density at radius 3 is 2.88 bits per heavy atom. The predicted octanol–water partition coefficient (Wildman–Crippen LogP) is 0.977. The maximum absolute atomic E-state index is 11.0. The van der Waals surface area contributed by atoms with E-state index in [-0.39, 0.29) is 23.6 Å². The Kier molecular flexibility index (Phi) is 5.33. The molecule has 0 aliphatic carbocycles. The molecule has 0 saturated heterocycles. The lowest BCUT2D eigenvalue weighted by molar-refractivity contribution is -0.140. The van der Waals surface area contributed by atoms with E-state index in [0.717, 1.165) is 0 Å². The molecule has 0 unspecified atom stereocenters. The minimum atomic E-state index is -0.291. The van der Waals surface area contributed by atoms with Gasteiger partial charge in [-0.15, -0.1) is 10.2 Å². The molecule has 1 aromatic rings. The molecule has 8 heteroatoms. The summed E-state index contributed by atoms with van der Waals surface area (Å²) in [6.07, 6.45) is 0.728. The van der Waals surface area contributed by atoms with Crippen molar-refractivity contribution in [1.82, 2.24) is 10.2 Å². The van der Waals surface area contributed by atoms with E-state index in [1.807, 2.05) is 0 Å². The average Bonchev–Trinajstić information content (AvgIpc) is 2.73. The van der Waals surface area contributed by atoms with Crippen LogP contribution in [0.1, 0.15) is 11.4 Å². The predicted molar refractivity (Wildman–Crippen MR) is 62.7 cm³/mol. The van der Waals surface area contributed by atoms with Crippen molar-refractivity contribution in [2.45, 2.75) is 12.8 Å². The second-order valence-corrected chi connectivity index (χ2v) is 4.38. The number of anilines is 1. The van der Waals surface area contributed by atoms with Gasteiger partial charge in [0.25, 0.3) is 0 Å². The largest absolute Gasteiger partial charge is 0.469 e. The van der Waals surface area contributed by atoms with Gasteiger partial charge in [-0.25, -0.2) is 0 Å². The Labute approximate surface area is 105 Å². The van der Waals surface area contributed by atoms with Gasteiger partial charge in [-0.3, -0.25) is 14.9 Å². The molecule has 1 rings (SSSR count). The molecule has 0 aliphatic rings. The van der Waals surface area contributed by atoms with Crippen LogP contribution in [0.2, 0.25) is 0 Å². The number of carbonyl (C=O) groups is 2. The van der Waals surface area contributed by atoms with Crippen LogP contribution in [0, 0.1) is 0 Å². The van der Waals surface area contributed by atoms with E-state index in [1.54, 1.807) is 0 Å². The Bertz CT molecular complexity index is 382. The van der Waals surface area contributed by atoms with E-state index in [2.05, 4.69) is 36.2 Å². The highest BCUT2D eigenvalue weighted by molar-refractivity contribution is 9.09. The third-order valence-corrected chi connectivity index (χ3v) is 3.01. The van der Waals surface area contributed by atoms with Crippen molar-refractivity contribution in [3.63, 3.8) is 0 Å². The van der Waals surface area contributed by atoms with Crippen LogP contribution < -0.4 is 5.32 Å². The van der Waals surface area contributed by atoms with Gasteiger partial charge in [0.2, 0.25) is 11.0 Å². The third kappa shape index (κ3) is 4.23. The SMILES string of the molecule is COC(=O)CCc1nnc(NC(=O)CBr)s1. The van der Waals surface area contributed by atoms with E-state index in [0.29, 0.717) is 16.6 Å². The molecule has 0 saturated carbocycles. The number of nitrogens with one attached hydrogen (secondary N) is 1. The van der Waals surface area contributed by atoms with Crippen molar-refractivity contribution >= 4 is 44.3 Å². The third-order valence-electron chi connectivity index (χ3n) is 1.61. The zero-order valence-electron chi connectivity index (χ0n) is 8.53. The van der Waals surface area contributed by atoms with Gasteiger partial charge >= 0.3 is 5.97 Å². The van der Waals surface area contributed by atoms with E-state index in [9.17, 15) is 9.59 Å². The molecule has 0 bridgehead atoms. The maximum Gasteiger partial charge on any atom is 0.305 e. The normalized spacial score (nSPS) is 9.88. The first-order valence-electron chi connectivity index (χ1n) is 4.40. The van der Waals surface area contributed by atoms with Crippen molar-refractivity contribution in [2.75, 3.05) is 17.8 Å². The van der Waals surface area contributed by atoms with Crippen LogP contribution in [0.4, 0.5) is 5.13 Å². The standard InChI is InChI=1S/C8H10BrN3O3S/c1-15-7(14)3-2-6-11-12-8(16-6)10-5(13)4-9/h2-4H2,1H3,(H,10,12,13). The smallest absolute Gasteiger partial charge is 0.305 e. The summed E-state index contributed by atoms with van der Waals surface area (Å²) in [5, 5.41) is 11.5. The second-order valence-electron chi connectivity index (χ2n) is 2.76. The van der Waals surface area contributed by atoms with Crippen LogP contribution in [0.3, 0.4) is 0 Å². The number of ether oxygens (including phenoxy) is 1. The van der Waals surface area contributed by atoms with E-state index in [4.69, 9.17) is 0 Å². The molecule has 0 spiro atoms. The Hall–Kier alpha value is -1.02. The zero-order chi connectivity index (χ0) is 12.0. The summed E-state index contributed by atoms with van der Waals surface area (Å²) in [6, 6.07) is 0. The number of aromatic nitrogens is 2. The average molecular weight is 308 g/mol. The van der Waals surface area contributed by atoms with Gasteiger partial charge < -0.3 is 4.74 Å². The molecule has 16 heavy (non-hydrogen) atoms. The Morgan fingerprint density at radius 1 is 1.50 bits per heavy atom. The van der Waals surface area contributed by atoms with Crippen molar-refractivity contribution in [1.29, 1.82) is 0 Å². The summed E-state index contributed by atoms with van der Waals surface area (Å²) >= 11 is 4.27. The lowest BCUT2D eigenvalue weighted by atomic mass is 10.3. The molecule has 1 heterocycles. The van der Waals surface area contributed by atoms with Gasteiger partial charge in [-0.2, -0.15) is 0 Å². The highest BCUT2D eigenvalue weighted by atomic mass is 79.9. The lowest BCUT2D eigenvalue weighted by Gasteiger charge is -1.95. The summed E-state index contributed by atoms with van der Waals surface area (Å²) in [5.41, 5.74) is 0. The number of carbonyl (C=O) groups excluding carboxylic acids is 2. The Morgan fingerprint density at radius 2 is 2.25 bits per heavy atom. The first kappa shape index (κ1) is 13.0. The molecular formula is C8H10BrN3O3S. The molecule has 1 aromatic heterocycles. The second kappa shape index (κ2) is 6.54. The van der Waals surface area contributed by atoms with E-state index >= 15 is 0 Å². The fraction of sp³-hybridized carbons (Fsp3) is 0.500. The lowest BCUT2D eigenvalue weighted by Crippen LogP contribution is -2.11. The molecule has 1 N–H and O–H groups in total. The summed E-state index contributed by atoms with van der Waals surface area (Å²) in [4.78, 5) is 21.9. The number of hydrogen-bond donors (Lipinski definition) is 1. The van der Waals surface area contributed by atoms with Crippen molar-refractivity contribution in [3.8, 4) is 0 Å². The van der Waals surface area contributed by atoms with Crippen molar-refractivity contribution in [3.05, 3.63) is 5.01 Å². The molecule has 0 aromatic carbocycles. The van der Waals surface area contributed by atoms with Crippen LogP contribution in [-0.2, 0) is 20.7 Å². The molecule has 88 valence electrons.